The van der Waals surface area contributed by atoms with Crippen LogP contribution in [0.3, 0.4) is 0 Å². The van der Waals surface area contributed by atoms with Crippen molar-refractivity contribution in [2.45, 2.75) is 26.1 Å². The molecule has 0 aliphatic heterocycles. The van der Waals surface area contributed by atoms with Gasteiger partial charge in [-0.15, -0.1) is 0 Å². The number of methoxy groups -OCH3 is 2. The molecular weight excluding hydrogens is 536 g/mol. The number of benzene rings is 3. The Morgan fingerprint density at radius 3 is 1.27 bits per heavy atom. The molecule has 0 aliphatic rings. The summed E-state index contributed by atoms with van der Waals surface area (Å²) in [5.41, 5.74) is 1.51. The molecule has 3 aromatic rings. The van der Waals surface area contributed by atoms with Gasteiger partial charge in [-0.2, -0.15) is 10.2 Å². The maximum Gasteiger partial charge on any atom is 0.346 e. The van der Waals surface area contributed by atoms with Crippen LogP contribution in [0.1, 0.15) is 44.9 Å². The fraction of sp³-hybridized carbons (Fsp3) is 0.207. The lowest BCUT2D eigenvalue weighted by molar-refractivity contribution is -0.150. The van der Waals surface area contributed by atoms with E-state index in [9.17, 15) is 24.0 Å². The molecule has 0 aromatic heterocycles. The Labute approximate surface area is 234 Å². The van der Waals surface area contributed by atoms with Crippen molar-refractivity contribution in [3.8, 4) is 5.75 Å². The molecule has 212 valence electrons. The van der Waals surface area contributed by atoms with Crippen molar-refractivity contribution >= 4 is 41.2 Å². The fourth-order valence-electron chi connectivity index (χ4n) is 3.15. The van der Waals surface area contributed by atoms with Gasteiger partial charge in [-0.3, -0.25) is 0 Å². The van der Waals surface area contributed by atoms with Crippen LogP contribution >= 0.6 is 0 Å². The minimum absolute atomic E-state index is 0.148. The Hall–Kier alpha value is -5.39. The third kappa shape index (κ3) is 8.55. The lowest BCUT2D eigenvalue weighted by Crippen LogP contribution is -2.25. The number of rotatable bonds is 10. The zero-order valence-corrected chi connectivity index (χ0v) is 22.6. The van der Waals surface area contributed by atoms with E-state index in [0.717, 1.165) is 0 Å². The largest absolute Gasteiger partial charge is 0.466 e. The van der Waals surface area contributed by atoms with Gasteiger partial charge < -0.3 is 23.7 Å². The van der Waals surface area contributed by atoms with E-state index in [1.807, 2.05) is 0 Å². The molecule has 3 aromatic carbocycles. The molecule has 0 radical (unpaired) electrons. The molecule has 2 atom stereocenters. The summed E-state index contributed by atoms with van der Waals surface area (Å²) in [6, 6.07) is 17.9. The van der Waals surface area contributed by atoms with E-state index in [2.05, 4.69) is 19.7 Å². The number of ether oxygens (including phenoxy) is 5. The predicted octanol–water partition coefficient (Wildman–Crippen LogP) is 4.76. The SMILES string of the molecule is COC(=O)[C@H](C)OC(=O)c1ccc(N=Nc2ccc(OC(=O)c3ccc(C(=O)O[C@@H](C)C(=O)OC)cc3)cc2)cc1. The smallest absolute Gasteiger partial charge is 0.346 e. The monoisotopic (exact) mass is 562 g/mol. The van der Waals surface area contributed by atoms with Gasteiger partial charge in [0.1, 0.15) is 5.75 Å². The average molecular weight is 563 g/mol. The Bertz CT molecular complexity index is 1430. The first kappa shape index (κ1) is 30.2. The maximum atomic E-state index is 12.5. The Morgan fingerprint density at radius 2 is 0.878 bits per heavy atom. The highest BCUT2D eigenvalue weighted by Crippen LogP contribution is 2.23. The van der Waals surface area contributed by atoms with E-state index in [1.54, 1.807) is 24.3 Å². The number of carbonyl (C=O) groups excluding carboxylic acids is 5. The quantitative estimate of drug-likeness (QED) is 0.146. The summed E-state index contributed by atoms with van der Waals surface area (Å²) in [6.45, 7) is 2.80. The normalized spacial score (nSPS) is 12.1. The molecule has 12 heteroatoms. The highest BCUT2D eigenvalue weighted by Gasteiger charge is 2.20. The van der Waals surface area contributed by atoms with Crippen LogP contribution < -0.4 is 4.74 Å². The molecule has 0 fully saturated rings. The first-order chi connectivity index (χ1) is 19.6. The van der Waals surface area contributed by atoms with Crippen LogP contribution in [-0.2, 0) is 28.5 Å². The van der Waals surface area contributed by atoms with Crippen molar-refractivity contribution in [1.82, 2.24) is 0 Å². The first-order valence-electron chi connectivity index (χ1n) is 12.1. The van der Waals surface area contributed by atoms with Crippen molar-refractivity contribution in [2.24, 2.45) is 10.2 Å². The second-order valence-corrected chi connectivity index (χ2v) is 8.35. The van der Waals surface area contributed by atoms with Crippen LogP contribution in [0.4, 0.5) is 11.4 Å². The van der Waals surface area contributed by atoms with E-state index in [-0.39, 0.29) is 22.4 Å². The molecular formula is C29H26N2O10. The van der Waals surface area contributed by atoms with Gasteiger partial charge in [0.2, 0.25) is 0 Å². The molecule has 0 spiro atoms. The molecule has 0 heterocycles. The van der Waals surface area contributed by atoms with Gasteiger partial charge in [-0.05, 0) is 86.6 Å². The van der Waals surface area contributed by atoms with Crippen molar-refractivity contribution in [1.29, 1.82) is 0 Å². The number of carbonyl (C=O) groups is 5. The van der Waals surface area contributed by atoms with E-state index < -0.39 is 42.1 Å². The highest BCUT2D eigenvalue weighted by molar-refractivity contribution is 5.95. The lowest BCUT2D eigenvalue weighted by atomic mass is 10.1. The van der Waals surface area contributed by atoms with E-state index >= 15 is 0 Å². The third-order valence-electron chi connectivity index (χ3n) is 5.42. The van der Waals surface area contributed by atoms with Crippen LogP contribution in [0.2, 0.25) is 0 Å². The zero-order chi connectivity index (χ0) is 29.9. The Morgan fingerprint density at radius 1 is 0.537 bits per heavy atom. The molecule has 0 N–H and O–H groups in total. The van der Waals surface area contributed by atoms with Gasteiger partial charge >= 0.3 is 29.8 Å². The second-order valence-electron chi connectivity index (χ2n) is 8.35. The second kappa shape index (κ2) is 14.1. The lowest BCUT2D eigenvalue weighted by Gasteiger charge is -2.11. The molecule has 0 amide bonds. The van der Waals surface area contributed by atoms with Crippen molar-refractivity contribution in [2.75, 3.05) is 14.2 Å². The molecule has 0 saturated heterocycles. The van der Waals surface area contributed by atoms with Gasteiger partial charge in [-0.1, -0.05) is 0 Å². The molecule has 12 nitrogen and oxygen atoms in total. The minimum Gasteiger partial charge on any atom is -0.466 e. The molecule has 3 rings (SSSR count). The fourth-order valence-corrected chi connectivity index (χ4v) is 3.15. The van der Waals surface area contributed by atoms with Crippen LogP contribution in [0.15, 0.2) is 83.0 Å². The van der Waals surface area contributed by atoms with Crippen LogP contribution in [0.5, 0.6) is 5.75 Å². The summed E-state index contributed by atoms with van der Waals surface area (Å²) >= 11 is 0. The summed E-state index contributed by atoms with van der Waals surface area (Å²) in [5.74, 6) is -3.16. The molecule has 0 unspecified atom stereocenters. The van der Waals surface area contributed by atoms with Crippen molar-refractivity contribution in [3.05, 3.63) is 89.5 Å². The number of nitrogens with zero attached hydrogens (tertiary/aromatic N) is 2. The summed E-state index contributed by atoms with van der Waals surface area (Å²) in [7, 11) is 2.39. The number of hydrogen-bond acceptors (Lipinski definition) is 12. The van der Waals surface area contributed by atoms with Crippen LogP contribution in [0.25, 0.3) is 0 Å². The molecule has 0 bridgehead atoms. The summed E-state index contributed by atoms with van der Waals surface area (Å²) in [4.78, 5) is 59.5. The van der Waals surface area contributed by atoms with Crippen molar-refractivity contribution in [3.63, 3.8) is 0 Å². The Kier molecular flexibility index (Phi) is 10.4. The molecule has 41 heavy (non-hydrogen) atoms. The van der Waals surface area contributed by atoms with Gasteiger partial charge in [0.05, 0.1) is 42.3 Å². The number of azo groups is 1. The first-order valence-corrected chi connectivity index (χ1v) is 12.1. The van der Waals surface area contributed by atoms with Crippen LogP contribution in [0, 0.1) is 0 Å². The third-order valence-corrected chi connectivity index (χ3v) is 5.42. The van der Waals surface area contributed by atoms with Gasteiger partial charge in [0, 0.05) is 0 Å². The Balaban J connectivity index is 1.54. The zero-order valence-electron chi connectivity index (χ0n) is 22.6. The van der Waals surface area contributed by atoms with Gasteiger partial charge in [0.15, 0.2) is 12.2 Å². The average Bonchev–Trinajstić information content (AvgIpc) is 2.99. The van der Waals surface area contributed by atoms with Crippen molar-refractivity contribution < 1.29 is 47.7 Å². The number of hydrogen-bond donors (Lipinski definition) is 0. The van der Waals surface area contributed by atoms with Gasteiger partial charge in [-0.25, -0.2) is 24.0 Å². The molecule has 0 saturated carbocycles. The van der Waals surface area contributed by atoms with Gasteiger partial charge in [0.25, 0.3) is 0 Å². The number of esters is 5. The standard InChI is InChI=1S/C29H26N2O10/c1-17(25(32)37-3)39-27(34)19-5-7-20(8-6-19)29(36)41-24-15-13-23(14-16-24)31-30-22-11-9-21(10-12-22)28(35)40-18(2)26(33)38-4/h5-18H,1-4H3/t17-,18-/m0/s1. The topological polar surface area (TPSA) is 156 Å². The van der Waals surface area contributed by atoms with E-state index in [1.165, 1.54) is 76.6 Å². The minimum atomic E-state index is -1.07. The maximum absolute atomic E-state index is 12.5. The predicted molar refractivity (Wildman–Crippen MR) is 142 cm³/mol. The summed E-state index contributed by atoms with van der Waals surface area (Å²) < 4.78 is 24.4. The molecule has 0 aliphatic carbocycles. The highest BCUT2D eigenvalue weighted by atomic mass is 16.6. The van der Waals surface area contributed by atoms with E-state index in [0.29, 0.717) is 11.4 Å². The van der Waals surface area contributed by atoms with E-state index in [4.69, 9.17) is 14.2 Å². The summed E-state index contributed by atoms with van der Waals surface area (Å²) in [6.07, 6.45) is -2.10. The summed E-state index contributed by atoms with van der Waals surface area (Å²) in [5, 5.41) is 8.21. The van der Waals surface area contributed by atoms with Crippen LogP contribution in [-0.4, -0.2) is 56.3 Å².